The Balaban J connectivity index is 1.72. The second kappa shape index (κ2) is 8.52. The maximum absolute atomic E-state index is 12.1. The molecule has 0 aliphatic heterocycles. The van der Waals surface area contributed by atoms with E-state index in [-0.39, 0.29) is 0 Å². The zero-order valence-corrected chi connectivity index (χ0v) is 14.2. The maximum Gasteiger partial charge on any atom is 0.340 e. The number of hydrogen-bond acceptors (Lipinski definition) is 8. The number of nitrogens with zero attached hydrogens (tertiary/aromatic N) is 4. The van der Waals surface area contributed by atoms with Crippen molar-refractivity contribution in [3.8, 4) is 0 Å². The third-order valence-corrected chi connectivity index (χ3v) is 3.44. The molecular weight excluding hydrogens is 332 g/mol. The van der Waals surface area contributed by atoms with Crippen LogP contribution in [0.1, 0.15) is 22.8 Å². The molecule has 0 saturated carbocycles. The van der Waals surface area contributed by atoms with Gasteiger partial charge in [-0.2, -0.15) is 10.1 Å². The van der Waals surface area contributed by atoms with Gasteiger partial charge < -0.3 is 15.4 Å². The van der Waals surface area contributed by atoms with Crippen molar-refractivity contribution in [3.05, 3.63) is 66.1 Å². The third-order valence-electron chi connectivity index (χ3n) is 3.44. The van der Waals surface area contributed by atoms with E-state index in [0.29, 0.717) is 36.2 Å². The van der Waals surface area contributed by atoms with Crippen LogP contribution in [0.15, 0.2) is 55.0 Å². The lowest BCUT2D eigenvalue weighted by atomic mass is 10.2. The van der Waals surface area contributed by atoms with Crippen LogP contribution in [0.4, 0.5) is 17.5 Å². The van der Waals surface area contributed by atoms with Gasteiger partial charge in [0.25, 0.3) is 0 Å². The summed E-state index contributed by atoms with van der Waals surface area (Å²) in [7, 11) is 0. The summed E-state index contributed by atoms with van der Waals surface area (Å²) in [6.45, 7) is 2.63. The van der Waals surface area contributed by atoms with Crippen molar-refractivity contribution in [3.63, 3.8) is 0 Å². The molecule has 2 aromatic heterocycles. The van der Waals surface area contributed by atoms with Crippen molar-refractivity contribution in [1.82, 2.24) is 20.2 Å². The van der Waals surface area contributed by atoms with Crippen molar-refractivity contribution in [2.24, 2.45) is 0 Å². The van der Waals surface area contributed by atoms with Crippen molar-refractivity contribution in [2.75, 3.05) is 17.2 Å². The van der Waals surface area contributed by atoms with Gasteiger partial charge in [0, 0.05) is 18.9 Å². The summed E-state index contributed by atoms with van der Waals surface area (Å²) in [5.41, 5.74) is 2.07. The van der Waals surface area contributed by atoms with E-state index >= 15 is 0 Å². The number of esters is 1. The summed E-state index contributed by atoms with van der Waals surface area (Å²) in [4.78, 5) is 20.4. The predicted molar refractivity (Wildman–Crippen MR) is 97.1 cm³/mol. The first-order chi connectivity index (χ1) is 12.8. The van der Waals surface area contributed by atoms with E-state index in [1.165, 1.54) is 6.20 Å². The minimum absolute atomic E-state index is 0.311. The van der Waals surface area contributed by atoms with Crippen LogP contribution < -0.4 is 10.6 Å². The zero-order chi connectivity index (χ0) is 18.2. The summed E-state index contributed by atoms with van der Waals surface area (Å²) in [5, 5.41) is 14.1. The van der Waals surface area contributed by atoms with Gasteiger partial charge in [-0.1, -0.05) is 12.1 Å². The molecule has 8 nitrogen and oxygen atoms in total. The number of benzene rings is 1. The van der Waals surface area contributed by atoms with Crippen molar-refractivity contribution < 1.29 is 9.53 Å². The van der Waals surface area contributed by atoms with Crippen molar-refractivity contribution >= 4 is 23.4 Å². The lowest BCUT2D eigenvalue weighted by Gasteiger charge is -2.11. The molecule has 0 aliphatic carbocycles. The molecule has 3 rings (SSSR count). The van der Waals surface area contributed by atoms with E-state index in [9.17, 15) is 4.79 Å². The van der Waals surface area contributed by atoms with Gasteiger partial charge in [-0.05, 0) is 36.8 Å². The SMILES string of the molecule is CCOC(=O)c1ccccc1Nc1cnnc(NCc2ccncc2)n1. The molecule has 0 bridgehead atoms. The average molecular weight is 350 g/mol. The van der Waals surface area contributed by atoms with Crippen LogP contribution >= 0.6 is 0 Å². The third kappa shape index (κ3) is 4.50. The largest absolute Gasteiger partial charge is 0.462 e. The van der Waals surface area contributed by atoms with Crippen LogP contribution in [0.5, 0.6) is 0 Å². The molecule has 26 heavy (non-hydrogen) atoms. The Kier molecular flexibility index (Phi) is 5.66. The molecule has 0 fully saturated rings. The number of anilines is 3. The Hall–Kier alpha value is -3.55. The Labute approximate surface area is 150 Å². The number of nitrogens with one attached hydrogen (secondary N) is 2. The molecule has 0 spiro atoms. The molecule has 0 amide bonds. The second-order valence-corrected chi connectivity index (χ2v) is 5.27. The molecule has 3 aromatic rings. The highest BCUT2D eigenvalue weighted by Crippen LogP contribution is 2.20. The Morgan fingerprint density at radius 1 is 1.15 bits per heavy atom. The van der Waals surface area contributed by atoms with E-state index < -0.39 is 5.97 Å². The number of ether oxygens (including phenoxy) is 1. The van der Waals surface area contributed by atoms with Crippen molar-refractivity contribution in [2.45, 2.75) is 13.5 Å². The maximum atomic E-state index is 12.1. The van der Waals surface area contributed by atoms with Crippen LogP contribution in [0.2, 0.25) is 0 Å². The first kappa shape index (κ1) is 17.3. The molecule has 0 atom stereocenters. The van der Waals surface area contributed by atoms with Gasteiger partial charge >= 0.3 is 5.97 Å². The molecular formula is C18H18N6O2. The van der Waals surface area contributed by atoms with E-state index in [1.807, 2.05) is 18.2 Å². The van der Waals surface area contributed by atoms with Crippen LogP contribution in [-0.4, -0.2) is 32.7 Å². The summed E-state index contributed by atoms with van der Waals surface area (Å²) in [5.74, 6) is 0.447. The zero-order valence-electron chi connectivity index (χ0n) is 14.2. The normalized spacial score (nSPS) is 10.2. The minimum Gasteiger partial charge on any atom is -0.462 e. The summed E-state index contributed by atoms with van der Waals surface area (Å²) >= 11 is 0. The molecule has 2 heterocycles. The number of aromatic nitrogens is 4. The topological polar surface area (TPSA) is 102 Å². The monoisotopic (exact) mass is 350 g/mol. The second-order valence-electron chi connectivity index (χ2n) is 5.27. The number of carbonyl (C=O) groups is 1. The average Bonchev–Trinajstić information content (AvgIpc) is 2.68. The first-order valence-corrected chi connectivity index (χ1v) is 8.12. The van der Waals surface area contributed by atoms with Crippen LogP contribution in [0.3, 0.4) is 0 Å². The Morgan fingerprint density at radius 2 is 1.96 bits per heavy atom. The molecule has 8 heteroatoms. The van der Waals surface area contributed by atoms with E-state index in [0.717, 1.165) is 5.56 Å². The quantitative estimate of drug-likeness (QED) is 0.627. The lowest BCUT2D eigenvalue weighted by molar-refractivity contribution is 0.0527. The highest BCUT2D eigenvalue weighted by molar-refractivity contribution is 5.96. The van der Waals surface area contributed by atoms with Gasteiger partial charge in [-0.25, -0.2) is 4.79 Å². The highest BCUT2D eigenvalue weighted by Gasteiger charge is 2.12. The van der Waals surface area contributed by atoms with Gasteiger partial charge in [0.15, 0.2) is 5.82 Å². The lowest BCUT2D eigenvalue weighted by Crippen LogP contribution is -2.09. The molecule has 0 radical (unpaired) electrons. The van der Waals surface area contributed by atoms with Crippen molar-refractivity contribution in [1.29, 1.82) is 0 Å². The van der Waals surface area contributed by atoms with Gasteiger partial charge in [0.05, 0.1) is 24.1 Å². The standard InChI is InChI=1S/C18H18N6O2/c1-2-26-17(25)14-5-3-4-6-15(14)22-16-12-21-24-18(23-16)20-11-13-7-9-19-10-8-13/h3-10,12H,2,11H2,1H3,(H2,20,22,23,24). The molecule has 132 valence electrons. The number of para-hydroxylation sites is 1. The van der Waals surface area contributed by atoms with Crippen LogP contribution in [0.25, 0.3) is 0 Å². The Bertz CT molecular complexity index is 872. The summed E-state index contributed by atoms with van der Waals surface area (Å²) < 4.78 is 5.07. The summed E-state index contributed by atoms with van der Waals surface area (Å²) in [6.07, 6.45) is 4.93. The minimum atomic E-state index is -0.395. The molecule has 1 aromatic carbocycles. The smallest absolute Gasteiger partial charge is 0.340 e. The van der Waals surface area contributed by atoms with E-state index in [2.05, 4.69) is 30.8 Å². The molecule has 0 unspecified atom stereocenters. The van der Waals surface area contributed by atoms with Crippen LogP contribution in [0, 0.1) is 0 Å². The Morgan fingerprint density at radius 3 is 2.77 bits per heavy atom. The van der Waals surface area contributed by atoms with Gasteiger partial charge in [0.1, 0.15) is 0 Å². The molecule has 2 N–H and O–H groups in total. The summed E-state index contributed by atoms with van der Waals surface area (Å²) in [6, 6.07) is 10.9. The number of pyridine rings is 1. The van der Waals surface area contributed by atoms with Gasteiger partial charge in [0.2, 0.25) is 5.95 Å². The van der Waals surface area contributed by atoms with Crippen LogP contribution in [-0.2, 0) is 11.3 Å². The van der Waals surface area contributed by atoms with E-state index in [4.69, 9.17) is 4.74 Å². The van der Waals surface area contributed by atoms with Gasteiger partial charge in [-0.15, -0.1) is 5.10 Å². The number of hydrogen-bond donors (Lipinski definition) is 2. The fourth-order valence-corrected chi connectivity index (χ4v) is 2.24. The van der Waals surface area contributed by atoms with E-state index in [1.54, 1.807) is 37.5 Å². The number of rotatable bonds is 7. The fourth-order valence-electron chi connectivity index (χ4n) is 2.24. The fraction of sp³-hybridized carbons (Fsp3) is 0.167. The first-order valence-electron chi connectivity index (χ1n) is 8.12. The molecule has 0 aliphatic rings. The van der Waals surface area contributed by atoms with Gasteiger partial charge in [-0.3, -0.25) is 4.98 Å². The predicted octanol–water partition coefficient (Wildman–Crippen LogP) is 2.80. The number of carbonyl (C=O) groups excluding carboxylic acids is 1. The highest BCUT2D eigenvalue weighted by atomic mass is 16.5. The molecule has 0 saturated heterocycles.